The molecule has 20 heavy (non-hydrogen) atoms. The molecule has 2 rings (SSSR count). The van der Waals surface area contributed by atoms with Crippen LogP contribution >= 0.6 is 0 Å². The topological polar surface area (TPSA) is 57.2 Å². The molecular weight excluding hydrogens is 250 g/mol. The Labute approximate surface area is 121 Å². The number of piperazine rings is 1. The maximum atomic E-state index is 5.68. The molecule has 1 fully saturated rings. The first-order valence-corrected chi connectivity index (χ1v) is 6.72. The number of anilines is 1. The van der Waals surface area contributed by atoms with Crippen LogP contribution in [0.3, 0.4) is 0 Å². The fourth-order valence-corrected chi connectivity index (χ4v) is 2.09. The van der Waals surface area contributed by atoms with Gasteiger partial charge in [0, 0.05) is 39.5 Å². The molecule has 108 valence electrons. The van der Waals surface area contributed by atoms with Gasteiger partial charge in [-0.25, -0.2) is 9.98 Å². The van der Waals surface area contributed by atoms with Crippen LogP contribution < -0.4 is 10.6 Å². The molecule has 1 heterocycles. The van der Waals surface area contributed by atoms with E-state index in [1.54, 1.807) is 6.08 Å². The molecular formula is C15H23N5. The van der Waals surface area contributed by atoms with Crippen LogP contribution in [-0.4, -0.2) is 50.3 Å². The van der Waals surface area contributed by atoms with E-state index < -0.39 is 0 Å². The van der Waals surface area contributed by atoms with Crippen molar-refractivity contribution in [2.24, 2.45) is 15.7 Å². The summed E-state index contributed by atoms with van der Waals surface area (Å²) >= 11 is 0. The molecule has 0 radical (unpaired) electrons. The third-order valence-electron chi connectivity index (χ3n) is 3.27. The van der Waals surface area contributed by atoms with Crippen LogP contribution in [-0.2, 0) is 0 Å². The second-order valence-electron chi connectivity index (χ2n) is 4.79. The van der Waals surface area contributed by atoms with Crippen molar-refractivity contribution in [2.45, 2.75) is 0 Å². The van der Waals surface area contributed by atoms with Gasteiger partial charge in [0.15, 0.2) is 0 Å². The number of rotatable bonds is 3. The summed E-state index contributed by atoms with van der Waals surface area (Å²) in [6, 6.07) is 8.08. The summed E-state index contributed by atoms with van der Waals surface area (Å²) in [5.74, 6) is 0.234. The Hall–Kier alpha value is -2.14. The van der Waals surface area contributed by atoms with E-state index in [1.165, 1.54) is 11.9 Å². The number of hydrogen-bond donors (Lipinski definition) is 1. The number of nitrogens with two attached hydrogens (primary N) is 1. The highest BCUT2D eigenvalue weighted by Crippen LogP contribution is 2.20. The van der Waals surface area contributed by atoms with E-state index in [1.807, 2.05) is 12.1 Å². The van der Waals surface area contributed by atoms with Crippen molar-refractivity contribution < 1.29 is 1.43 Å². The van der Waals surface area contributed by atoms with Crippen molar-refractivity contribution >= 4 is 23.5 Å². The molecule has 5 nitrogen and oxygen atoms in total. The Balaban J connectivity index is 0.00000220. The minimum atomic E-state index is 0. The molecule has 0 aromatic heterocycles. The molecule has 0 spiro atoms. The van der Waals surface area contributed by atoms with Crippen molar-refractivity contribution in [2.75, 3.05) is 38.1 Å². The second-order valence-corrected chi connectivity index (χ2v) is 4.79. The van der Waals surface area contributed by atoms with E-state index in [2.05, 4.69) is 45.5 Å². The van der Waals surface area contributed by atoms with Gasteiger partial charge in [0.25, 0.3) is 0 Å². The highest BCUT2D eigenvalue weighted by atomic mass is 15.2. The number of hydrogen-bond acceptors (Lipinski definition) is 3. The molecule has 0 amide bonds. The van der Waals surface area contributed by atoms with Crippen molar-refractivity contribution in [3.05, 3.63) is 36.9 Å². The zero-order chi connectivity index (χ0) is 14.4. The zero-order valence-corrected chi connectivity index (χ0v) is 11.9. The average Bonchev–Trinajstić information content (AvgIpc) is 2.47. The van der Waals surface area contributed by atoms with Crippen molar-refractivity contribution in [1.82, 2.24) is 4.90 Å². The number of aliphatic imine (C=N–C) groups is 2. The second kappa shape index (κ2) is 6.86. The number of likely N-dealkylation sites (N-methyl/N-ethyl adjacent to an activating group) is 1. The van der Waals surface area contributed by atoms with Gasteiger partial charge >= 0.3 is 0 Å². The van der Waals surface area contributed by atoms with Crippen LogP contribution in [0.1, 0.15) is 1.43 Å². The van der Waals surface area contributed by atoms with E-state index in [4.69, 9.17) is 5.73 Å². The van der Waals surface area contributed by atoms with Gasteiger partial charge in [0.05, 0.1) is 5.69 Å². The fraction of sp³-hybridized carbons (Fsp3) is 0.333. The molecule has 1 aromatic rings. The van der Waals surface area contributed by atoms with E-state index in [0.717, 1.165) is 31.9 Å². The Morgan fingerprint density at radius 3 is 2.50 bits per heavy atom. The summed E-state index contributed by atoms with van der Waals surface area (Å²) in [6.45, 7) is 7.86. The standard InChI is InChI=1S/C15H21N5.H2/c1-3-8-17-15(16)18-13-4-6-14(7-5-13)20-11-9-19(2)10-12-20;/h3-8H,1,9-12H2,2H3,(H2,16,18);1H/b17-8+;. The van der Waals surface area contributed by atoms with Crippen LogP contribution in [0.5, 0.6) is 0 Å². The van der Waals surface area contributed by atoms with Gasteiger partial charge in [0.1, 0.15) is 0 Å². The maximum Gasteiger partial charge on any atom is 0.220 e. The third kappa shape index (κ3) is 3.93. The van der Waals surface area contributed by atoms with E-state index in [9.17, 15) is 0 Å². The predicted octanol–water partition coefficient (Wildman–Crippen LogP) is 1.89. The minimum absolute atomic E-state index is 0. The number of nitrogens with zero attached hydrogens (tertiary/aromatic N) is 4. The number of benzene rings is 1. The summed E-state index contributed by atoms with van der Waals surface area (Å²) in [7, 11) is 2.15. The fourth-order valence-electron chi connectivity index (χ4n) is 2.09. The van der Waals surface area contributed by atoms with E-state index >= 15 is 0 Å². The van der Waals surface area contributed by atoms with Gasteiger partial charge in [0.2, 0.25) is 5.96 Å². The highest BCUT2D eigenvalue weighted by molar-refractivity contribution is 5.91. The van der Waals surface area contributed by atoms with Crippen LogP contribution in [0, 0.1) is 0 Å². The lowest BCUT2D eigenvalue weighted by molar-refractivity contribution is 0.313. The molecule has 0 bridgehead atoms. The normalized spacial score (nSPS) is 17.6. The number of guanidine groups is 1. The van der Waals surface area contributed by atoms with Crippen LogP contribution in [0.15, 0.2) is 46.9 Å². The molecule has 1 aliphatic heterocycles. The summed E-state index contributed by atoms with van der Waals surface area (Å²) in [5, 5.41) is 0. The molecule has 1 saturated heterocycles. The highest BCUT2D eigenvalue weighted by Gasteiger charge is 2.13. The van der Waals surface area contributed by atoms with Gasteiger partial charge in [-0.15, -0.1) is 0 Å². The van der Waals surface area contributed by atoms with Crippen molar-refractivity contribution in [3.63, 3.8) is 0 Å². The summed E-state index contributed by atoms with van der Waals surface area (Å²) in [4.78, 5) is 12.9. The quantitative estimate of drug-likeness (QED) is 0.676. The monoisotopic (exact) mass is 273 g/mol. The lowest BCUT2D eigenvalue weighted by atomic mass is 10.2. The summed E-state index contributed by atoms with van der Waals surface area (Å²) in [5.41, 5.74) is 7.71. The van der Waals surface area contributed by atoms with E-state index in [-0.39, 0.29) is 7.39 Å². The molecule has 1 aliphatic rings. The SMILES string of the molecule is C=C/C=N/C(N)=Nc1ccc(N2CCN(C)CC2)cc1.[HH]. The Morgan fingerprint density at radius 1 is 1.25 bits per heavy atom. The largest absolute Gasteiger partial charge is 0.369 e. The third-order valence-corrected chi connectivity index (χ3v) is 3.27. The van der Waals surface area contributed by atoms with Crippen LogP contribution in [0.4, 0.5) is 11.4 Å². The van der Waals surface area contributed by atoms with Gasteiger partial charge in [-0.1, -0.05) is 12.7 Å². The first-order valence-electron chi connectivity index (χ1n) is 6.72. The van der Waals surface area contributed by atoms with Crippen LogP contribution in [0.2, 0.25) is 0 Å². The Bertz CT molecular complexity index is 501. The molecule has 5 heteroatoms. The van der Waals surface area contributed by atoms with Gasteiger partial charge in [-0.2, -0.15) is 0 Å². The zero-order valence-electron chi connectivity index (χ0n) is 11.9. The predicted molar refractivity (Wildman–Crippen MR) is 88.2 cm³/mol. The van der Waals surface area contributed by atoms with Crippen LogP contribution in [0.25, 0.3) is 0 Å². The maximum absolute atomic E-state index is 5.68. The first-order chi connectivity index (χ1) is 9.69. The minimum Gasteiger partial charge on any atom is -0.369 e. The molecule has 0 saturated carbocycles. The summed E-state index contributed by atoms with van der Waals surface area (Å²) in [6.07, 6.45) is 3.09. The van der Waals surface area contributed by atoms with Gasteiger partial charge < -0.3 is 15.5 Å². The van der Waals surface area contributed by atoms with E-state index in [0.29, 0.717) is 0 Å². The first kappa shape index (κ1) is 14.3. The average molecular weight is 273 g/mol. The lowest BCUT2D eigenvalue weighted by Crippen LogP contribution is -2.44. The number of allylic oxidation sites excluding steroid dienone is 1. The molecule has 2 N–H and O–H groups in total. The Kier molecular flexibility index (Phi) is 4.90. The Morgan fingerprint density at radius 2 is 1.90 bits per heavy atom. The molecule has 0 atom stereocenters. The van der Waals surface area contributed by atoms with Crippen molar-refractivity contribution in [3.8, 4) is 0 Å². The van der Waals surface area contributed by atoms with Gasteiger partial charge in [-0.05, 0) is 31.3 Å². The molecule has 1 aromatic carbocycles. The molecule has 0 aliphatic carbocycles. The van der Waals surface area contributed by atoms with Crippen molar-refractivity contribution in [1.29, 1.82) is 0 Å². The smallest absolute Gasteiger partial charge is 0.220 e. The summed E-state index contributed by atoms with van der Waals surface area (Å²) < 4.78 is 0. The lowest BCUT2D eigenvalue weighted by Gasteiger charge is -2.34. The molecule has 0 unspecified atom stereocenters. The van der Waals surface area contributed by atoms with Gasteiger partial charge in [-0.3, -0.25) is 0 Å².